The molecule has 0 aromatic heterocycles. The van der Waals surface area contributed by atoms with Crippen LogP contribution in [-0.2, 0) is 12.4 Å². The summed E-state index contributed by atoms with van der Waals surface area (Å²) in [7, 11) is 0. The summed E-state index contributed by atoms with van der Waals surface area (Å²) in [5, 5.41) is 8.46. The van der Waals surface area contributed by atoms with Crippen molar-refractivity contribution in [1.29, 1.82) is 0 Å². The first kappa shape index (κ1) is 21.1. The largest absolute Gasteiger partial charge is 0.489 e. The number of thioether (sulfide) groups is 1. The molecule has 2 N–H and O–H groups in total. The SMILES string of the molecule is NC(=NN=Cc1cccc(OCc2cc(F)ccc2Br)c1)SCc1ccccc1. The second kappa shape index (κ2) is 10.8. The summed E-state index contributed by atoms with van der Waals surface area (Å²) in [4.78, 5) is 0. The fraction of sp³-hybridized carbons (Fsp3) is 0.0909. The highest BCUT2D eigenvalue weighted by Gasteiger charge is 2.03. The van der Waals surface area contributed by atoms with Crippen LogP contribution in [0.25, 0.3) is 0 Å². The summed E-state index contributed by atoms with van der Waals surface area (Å²) in [5.74, 6) is 1.10. The third-order valence-corrected chi connectivity index (χ3v) is 5.48. The van der Waals surface area contributed by atoms with Crippen LogP contribution < -0.4 is 10.5 Å². The predicted molar refractivity (Wildman–Crippen MR) is 122 cm³/mol. The Kier molecular flexibility index (Phi) is 7.84. The Morgan fingerprint density at radius 3 is 2.72 bits per heavy atom. The summed E-state index contributed by atoms with van der Waals surface area (Å²) in [5.41, 5.74) is 8.63. The fourth-order valence-electron chi connectivity index (χ4n) is 2.41. The van der Waals surface area contributed by atoms with Crippen LogP contribution in [0.5, 0.6) is 5.75 Å². The van der Waals surface area contributed by atoms with Gasteiger partial charge in [-0.2, -0.15) is 5.10 Å². The van der Waals surface area contributed by atoms with Crippen molar-refractivity contribution in [1.82, 2.24) is 0 Å². The zero-order valence-corrected chi connectivity index (χ0v) is 17.9. The first-order chi connectivity index (χ1) is 14.1. The number of nitrogens with two attached hydrogens (primary N) is 1. The van der Waals surface area contributed by atoms with E-state index in [1.165, 1.54) is 29.5 Å². The average molecular weight is 472 g/mol. The van der Waals surface area contributed by atoms with Gasteiger partial charge in [0.15, 0.2) is 5.17 Å². The van der Waals surface area contributed by atoms with Crippen LogP contribution in [0.1, 0.15) is 16.7 Å². The Hall–Kier alpha value is -2.64. The molecule has 29 heavy (non-hydrogen) atoms. The van der Waals surface area contributed by atoms with Crippen LogP contribution in [0.4, 0.5) is 4.39 Å². The maximum atomic E-state index is 13.4. The molecule has 148 valence electrons. The monoisotopic (exact) mass is 471 g/mol. The van der Waals surface area contributed by atoms with E-state index in [-0.39, 0.29) is 12.4 Å². The lowest BCUT2D eigenvalue weighted by molar-refractivity contribution is 0.305. The number of hydrogen-bond donors (Lipinski definition) is 1. The van der Waals surface area contributed by atoms with E-state index in [9.17, 15) is 4.39 Å². The van der Waals surface area contributed by atoms with Crippen LogP contribution in [0.15, 0.2) is 87.5 Å². The molecular formula is C22H19BrFN3OS. The number of ether oxygens (including phenoxy) is 1. The van der Waals surface area contributed by atoms with Gasteiger partial charge in [-0.15, -0.1) is 5.10 Å². The van der Waals surface area contributed by atoms with Gasteiger partial charge >= 0.3 is 0 Å². The van der Waals surface area contributed by atoms with Gasteiger partial charge in [0, 0.05) is 15.8 Å². The van der Waals surface area contributed by atoms with E-state index in [2.05, 4.69) is 26.1 Å². The molecule has 0 fully saturated rings. The second-order valence-corrected chi connectivity index (χ2v) is 7.90. The quantitative estimate of drug-likeness (QED) is 0.271. The molecular weight excluding hydrogens is 453 g/mol. The molecule has 0 radical (unpaired) electrons. The summed E-state index contributed by atoms with van der Waals surface area (Å²) >= 11 is 4.83. The Balaban J connectivity index is 1.55. The Labute approximate surface area is 181 Å². The van der Waals surface area contributed by atoms with Crippen molar-refractivity contribution in [2.45, 2.75) is 12.4 Å². The molecule has 0 aliphatic rings. The molecule has 3 rings (SSSR count). The molecule has 7 heteroatoms. The van der Waals surface area contributed by atoms with Crippen molar-refractivity contribution >= 4 is 39.1 Å². The molecule has 3 aromatic rings. The zero-order chi connectivity index (χ0) is 20.5. The standard InChI is InChI=1S/C22H19BrFN3OS/c23-21-10-9-19(24)12-18(21)14-28-20-8-4-7-17(11-20)13-26-27-22(25)29-15-16-5-2-1-3-6-16/h1-13H,14-15H2,(H2,25,27). The number of hydrogen-bond acceptors (Lipinski definition) is 4. The lowest BCUT2D eigenvalue weighted by Crippen LogP contribution is -2.06. The van der Waals surface area contributed by atoms with Gasteiger partial charge in [0.1, 0.15) is 18.2 Å². The minimum absolute atomic E-state index is 0.250. The molecule has 3 aromatic carbocycles. The van der Waals surface area contributed by atoms with Gasteiger partial charge in [-0.3, -0.25) is 0 Å². The Bertz CT molecular complexity index is 1010. The van der Waals surface area contributed by atoms with Gasteiger partial charge in [-0.25, -0.2) is 4.39 Å². The van der Waals surface area contributed by atoms with Crippen molar-refractivity contribution in [3.05, 3.63) is 99.8 Å². The second-order valence-electron chi connectivity index (χ2n) is 6.05. The lowest BCUT2D eigenvalue weighted by Gasteiger charge is -2.08. The van der Waals surface area contributed by atoms with Crippen LogP contribution in [0.3, 0.4) is 0 Å². The molecule has 0 saturated carbocycles. The Morgan fingerprint density at radius 2 is 1.90 bits per heavy atom. The Morgan fingerprint density at radius 1 is 1.07 bits per heavy atom. The third-order valence-electron chi connectivity index (χ3n) is 3.85. The van der Waals surface area contributed by atoms with E-state index in [1.54, 1.807) is 12.3 Å². The molecule has 0 spiro atoms. The molecule has 0 atom stereocenters. The van der Waals surface area contributed by atoms with Crippen LogP contribution in [0, 0.1) is 5.82 Å². The molecule has 0 aliphatic carbocycles. The van der Waals surface area contributed by atoms with Crippen molar-refractivity contribution in [2.24, 2.45) is 15.9 Å². The topological polar surface area (TPSA) is 60.0 Å². The lowest BCUT2D eigenvalue weighted by atomic mass is 10.2. The third kappa shape index (κ3) is 7.03. The van der Waals surface area contributed by atoms with Crippen molar-refractivity contribution < 1.29 is 9.13 Å². The minimum atomic E-state index is -0.298. The fourth-order valence-corrected chi connectivity index (χ4v) is 3.39. The van der Waals surface area contributed by atoms with Crippen LogP contribution in [0.2, 0.25) is 0 Å². The first-order valence-electron chi connectivity index (χ1n) is 8.80. The molecule has 4 nitrogen and oxygen atoms in total. The smallest absolute Gasteiger partial charge is 0.180 e. The van der Waals surface area contributed by atoms with E-state index < -0.39 is 0 Å². The highest BCUT2D eigenvalue weighted by molar-refractivity contribution is 9.10. The highest BCUT2D eigenvalue weighted by atomic mass is 79.9. The number of nitrogens with zero attached hydrogens (tertiary/aromatic N) is 2. The van der Waals surface area contributed by atoms with Gasteiger partial charge in [0.2, 0.25) is 0 Å². The molecule has 0 unspecified atom stereocenters. The molecule has 0 saturated heterocycles. The number of halogens is 2. The van der Waals surface area contributed by atoms with Crippen LogP contribution in [-0.4, -0.2) is 11.4 Å². The molecule has 0 heterocycles. The number of rotatable bonds is 7. The van der Waals surface area contributed by atoms with E-state index in [4.69, 9.17) is 10.5 Å². The van der Waals surface area contributed by atoms with Gasteiger partial charge in [0.25, 0.3) is 0 Å². The maximum absolute atomic E-state index is 13.4. The van der Waals surface area contributed by atoms with Gasteiger partial charge < -0.3 is 10.5 Å². The van der Waals surface area contributed by atoms with E-state index in [0.717, 1.165) is 21.4 Å². The number of amidine groups is 1. The summed E-state index contributed by atoms with van der Waals surface area (Å²) in [6.07, 6.45) is 1.61. The van der Waals surface area contributed by atoms with Gasteiger partial charge in [-0.05, 0) is 41.5 Å². The maximum Gasteiger partial charge on any atom is 0.180 e. The molecule has 0 amide bonds. The van der Waals surface area contributed by atoms with E-state index >= 15 is 0 Å². The number of benzene rings is 3. The highest BCUT2D eigenvalue weighted by Crippen LogP contribution is 2.21. The van der Waals surface area contributed by atoms with Crippen molar-refractivity contribution in [2.75, 3.05) is 0 Å². The van der Waals surface area contributed by atoms with Crippen molar-refractivity contribution in [3.8, 4) is 5.75 Å². The minimum Gasteiger partial charge on any atom is -0.489 e. The van der Waals surface area contributed by atoms with E-state index in [1.807, 2.05) is 54.6 Å². The summed E-state index contributed by atoms with van der Waals surface area (Å²) in [6, 6.07) is 21.9. The summed E-state index contributed by atoms with van der Waals surface area (Å²) < 4.78 is 19.9. The first-order valence-corrected chi connectivity index (χ1v) is 10.6. The normalized spacial score (nSPS) is 11.7. The molecule has 0 bridgehead atoms. The van der Waals surface area contributed by atoms with Gasteiger partial charge in [-0.1, -0.05) is 70.2 Å². The van der Waals surface area contributed by atoms with Crippen LogP contribution >= 0.6 is 27.7 Å². The van der Waals surface area contributed by atoms with Gasteiger partial charge in [0.05, 0.1) is 6.21 Å². The zero-order valence-electron chi connectivity index (χ0n) is 15.5. The summed E-state index contributed by atoms with van der Waals surface area (Å²) in [6.45, 7) is 0.250. The molecule has 0 aliphatic heterocycles. The van der Waals surface area contributed by atoms with E-state index in [0.29, 0.717) is 10.9 Å². The average Bonchev–Trinajstić information content (AvgIpc) is 2.74. The van der Waals surface area contributed by atoms with Crippen molar-refractivity contribution in [3.63, 3.8) is 0 Å². The predicted octanol–water partition coefficient (Wildman–Crippen LogP) is 5.75.